The van der Waals surface area contributed by atoms with Crippen molar-refractivity contribution in [1.29, 1.82) is 5.26 Å². The topological polar surface area (TPSA) is 58.8 Å². The second-order valence-corrected chi connectivity index (χ2v) is 4.20. The van der Waals surface area contributed by atoms with Gasteiger partial charge in [0.25, 0.3) is 0 Å². The highest BCUT2D eigenvalue weighted by Crippen LogP contribution is 2.29. The standard InChI is InChI=1S/C13H12ClN3O/c1-2-3-6-18-11-7-12(14)17-9-4-5-16-10(8-15)13(9)11/h4-5,7H,2-3,6H2,1H3. The summed E-state index contributed by atoms with van der Waals surface area (Å²) < 4.78 is 5.67. The van der Waals surface area contributed by atoms with Gasteiger partial charge in [0.2, 0.25) is 0 Å². The maximum absolute atomic E-state index is 9.07. The molecule has 0 aliphatic rings. The second-order valence-electron chi connectivity index (χ2n) is 3.81. The molecule has 0 N–H and O–H groups in total. The highest BCUT2D eigenvalue weighted by molar-refractivity contribution is 6.30. The van der Waals surface area contributed by atoms with Gasteiger partial charge in [0.05, 0.1) is 17.5 Å². The van der Waals surface area contributed by atoms with Crippen molar-refractivity contribution in [1.82, 2.24) is 9.97 Å². The van der Waals surface area contributed by atoms with Crippen LogP contribution in [0.25, 0.3) is 10.9 Å². The third-order valence-electron chi connectivity index (χ3n) is 2.51. The van der Waals surface area contributed by atoms with Crippen LogP contribution in [0.5, 0.6) is 5.75 Å². The van der Waals surface area contributed by atoms with Crippen LogP contribution in [0.2, 0.25) is 5.15 Å². The summed E-state index contributed by atoms with van der Waals surface area (Å²) in [4.78, 5) is 8.19. The molecule has 2 heterocycles. The minimum absolute atomic E-state index is 0.308. The van der Waals surface area contributed by atoms with Gasteiger partial charge in [0.15, 0.2) is 5.69 Å². The van der Waals surface area contributed by atoms with Crippen LogP contribution >= 0.6 is 11.6 Å². The van der Waals surface area contributed by atoms with Gasteiger partial charge in [-0.25, -0.2) is 9.97 Å². The van der Waals surface area contributed by atoms with Gasteiger partial charge >= 0.3 is 0 Å². The number of unbranched alkanes of at least 4 members (excludes halogenated alkanes) is 1. The predicted molar refractivity (Wildman–Crippen MR) is 69.7 cm³/mol. The van der Waals surface area contributed by atoms with Gasteiger partial charge < -0.3 is 4.74 Å². The molecule has 0 aliphatic carbocycles. The van der Waals surface area contributed by atoms with Gasteiger partial charge in [-0.15, -0.1) is 0 Å². The molecule has 0 spiro atoms. The van der Waals surface area contributed by atoms with E-state index in [2.05, 4.69) is 16.9 Å². The maximum Gasteiger partial charge on any atom is 0.153 e. The van der Waals surface area contributed by atoms with Crippen molar-refractivity contribution in [3.8, 4) is 11.8 Å². The zero-order chi connectivity index (χ0) is 13.0. The number of pyridine rings is 2. The Hall–Kier alpha value is -1.86. The number of hydrogen-bond donors (Lipinski definition) is 0. The van der Waals surface area contributed by atoms with E-state index in [1.165, 1.54) is 0 Å². The Morgan fingerprint density at radius 3 is 3.06 bits per heavy atom. The number of aromatic nitrogens is 2. The van der Waals surface area contributed by atoms with Crippen LogP contribution < -0.4 is 4.74 Å². The Morgan fingerprint density at radius 2 is 2.33 bits per heavy atom. The minimum atomic E-state index is 0.308. The van der Waals surface area contributed by atoms with Gasteiger partial charge in [0, 0.05) is 12.3 Å². The molecular formula is C13H12ClN3O. The lowest BCUT2D eigenvalue weighted by molar-refractivity contribution is 0.312. The van der Waals surface area contributed by atoms with Crippen molar-refractivity contribution in [2.75, 3.05) is 6.61 Å². The summed E-state index contributed by atoms with van der Waals surface area (Å²) in [5, 5.41) is 10.0. The number of ether oxygens (including phenoxy) is 1. The highest BCUT2D eigenvalue weighted by atomic mass is 35.5. The molecule has 0 aromatic carbocycles. The molecule has 0 radical (unpaired) electrons. The lowest BCUT2D eigenvalue weighted by Crippen LogP contribution is -1.99. The Bertz CT molecular complexity index is 607. The van der Waals surface area contributed by atoms with Crippen LogP contribution in [-0.2, 0) is 0 Å². The molecule has 2 aromatic heterocycles. The first-order valence-electron chi connectivity index (χ1n) is 5.74. The average Bonchev–Trinajstić information content (AvgIpc) is 2.37. The molecule has 2 aromatic rings. The van der Waals surface area contributed by atoms with Crippen molar-refractivity contribution < 1.29 is 4.74 Å². The Kier molecular flexibility index (Phi) is 3.96. The molecule has 5 heteroatoms. The number of nitrogens with zero attached hydrogens (tertiary/aromatic N) is 3. The van der Waals surface area contributed by atoms with E-state index < -0.39 is 0 Å². The van der Waals surface area contributed by atoms with Crippen molar-refractivity contribution in [2.24, 2.45) is 0 Å². The van der Waals surface area contributed by atoms with E-state index in [4.69, 9.17) is 21.6 Å². The summed E-state index contributed by atoms with van der Waals surface area (Å²) in [7, 11) is 0. The molecule has 2 rings (SSSR count). The third-order valence-corrected chi connectivity index (χ3v) is 2.71. The summed E-state index contributed by atoms with van der Waals surface area (Å²) in [6, 6.07) is 5.39. The molecule has 18 heavy (non-hydrogen) atoms. The zero-order valence-electron chi connectivity index (χ0n) is 9.98. The van der Waals surface area contributed by atoms with Crippen LogP contribution in [0.15, 0.2) is 18.3 Å². The molecule has 0 unspecified atom stereocenters. The lowest BCUT2D eigenvalue weighted by Gasteiger charge is -2.09. The molecule has 0 atom stereocenters. The largest absolute Gasteiger partial charge is 0.493 e. The monoisotopic (exact) mass is 261 g/mol. The van der Waals surface area contributed by atoms with E-state index in [1.807, 2.05) is 6.07 Å². The number of rotatable bonds is 4. The van der Waals surface area contributed by atoms with Crippen LogP contribution in [0.4, 0.5) is 0 Å². The zero-order valence-corrected chi connectivity index (χ0v) is 10.7. The van der Waals surface area contributed by atoms with Gasteiger partial charge in [-0.3, -0.25) is 0 Å². The maximum atomic E-state index is 9.07. The Labute approximate surface area is 110 Å². The molecule has 0 bridgehead atoms. The van der Waals surface area contributed by atoms with Crippen molar-refractivity contribution >= 4 is 22.5 Å². The average molecular weight is 262 g/mol. The highest BCUT2D eigenvalue weighted by Gasteiger charge is 2.11. The first kappa shape index (κ1) is 12.6. The van der Waals surface area contributed by atoms with E-state index in [0.717, 1.165) is 12.8 Å². The smallest absolute Gasteiger partial charge is 0.153 e. The van der Waals surface area contributed by atoms with Crippen LogP contribution in [0.1, 0.15) is 25.5 Å². The number of nitriles is 1. The number of fused-ring (bicyclic) bond motifs is 1. The molecule has 4 nitrogen and oxygen atoms in total. The molecule has 0 fully saturated rings. The molecule has 0 amide bonds. The minimum Gasteiger partial charge on any atom is -0.493 e. The molecular weight excluding hydrogens is 250 g/mol. The van der Waals surface area contributed by atoms with E-state index in [1.54, 1.807) is 18.3 Å². The summed E-state index contributed by atoms with van der Waals surface area (Å²) in [6.07, 6.45) is 3.53. The van der Waals surface area contributed by atoms with E-state index >= 15 is 0 Å². The van der Waals surface area contributed by atoms with Crippen molar-refractivity contribution in [3.05, 3.63) is 29.2 Å². The molecule has 0 saturated carbocycles. The van der Waals surface area contributed by atoms with Crippen molar-refractivity contribution in [2.45, 2.75) is 19.8 Å². The van der Waals surface area contributed by atoms with Gasteiger partial charge in [0.1, 0.15) is 17.0 Å². The molecule has 0 saturated heterocycles. The quantitative estimate of drug-likeness (QED) is 0.626. The Balaban J connectivity index is 2.52. The van der Waals surface area contributed by atoms with E-state index in [9.17, 15) is 0 Å². The fraction of sp³-hybridized carbons (Fsp3) is 0.308. The van der Waals surface area contributed by atoms with E-state index in [0.29, 0.717) is 34.1 Å². The van der Waals surface area contributed by atoms with Crippen LogP contribution in [-0.4, -0.2) is 16.6 Å². The molecule has 92 valence electrons. The first-order chi connectivity index (χ1) is 8.76. The summed E-state index contributed by atoms with van der Waals surface area (Å²) in [5.41, 5.74) is 0.934. The lowest BCUT2D eigenvalue weighted by atomic mass is 10.2. The summed E-state index contributed by atoms with van der Waals surface area (Å²) in [6.45, 7) is 2.68. The summed E-state index contributed by atoms with van der Waals surface area (Å²) >= 11 is 5.94. The molecule has 0 aliphatic heterocycles. The van der Waals surface area contributed by atoms with Crippen LogP contribution in [0, 0.1) is 11.3 Å². The SMILES string of the molecule is CCCCOc1cc(Cl)nc2ccnc(C#N)c12. The van der Waals surface area contributed by atoms with E-state index in [-0.39, 0.29) is 0 Å². The van der Waals surface area contributed by atoms with Crippen molar-refractivity contribution in [3.63, 3.8) is 0 Å². The van der Waals surface area contributed by atoms with Gasteiger partial charge in [-0.2, -0.15) is 5.26 Å². The predicted octanol–water partition coefficient (Wildman–Crippen LogP) is 3.33. The fourth-order valence-electron chi connectivity index (χ4n) is 1.64. The Morgan fingerprint density at radius 1 is 1.50 bits per heavy atom. The second kappa shape index (κ2) is 5.65. The van der Waals surface area contributed by atoms with Crippen LogP contribution in [0.3, 0.4) is 0 Å². The normalized spacial score (nSPS) is 10.3. The summed E-state index contributed by atoms with van der Waals surface area (Å²) in [5.74, 6) is 0.572. The van der Waals surface area contributed by atoms with Gasteiger partial charge in [-0.1, -0.05) is 24.9 Å². The fourth-order valence-corrected chi connectivity index (χ4v) is 1.83. The van der Waals surface area contributed by atoms with Gasteiger partial charge in [-0.05, 0) is 12.5 Å². The first-order valence-corrected chi connectivity index (χ1v) is 6.12. The number of hydrogen-bond acceptors (Lipinski definition) is 4. The third kappa shape index (κ3) is 2.52. The number of halogens is 1.